The van der Waals surface area contributed by atoms with Crippen LogP contribution in [0.15, 0.2) is 24.3 Å². The monoisotopic (exact) mass is 240 g/mol. The van der Waals surface area contributed by atoms with Crippen molar-refractivity contribution in [1.29, 1.82) is 0 Å². The SMILES string of the molecule is CCC(O)(CC)COC(=O)c1ccccc1F. The fraction of sp³-hybridized carbons (Fsp3) is 0.462. The second-order valence-electron chi connectivity index (χ2n) is 3.99. The molecular formula is C13H17FO3. The first kappa shape index (κ1) is 13.6. The van der Waals surface area contributed by atoms with Crippen LogP contribution in [0.3, 0.4) is 0 Å². The molecule has 0 aromatic heterocycles. The third-order valence-corrected chi connectivity index (χ3v) is 2.88. The van der Waals surface area contributed by atoms with E-state index in [0.717, 1.165) is 0 Å². The Morgan fingerprint density at radius 1 is 1.35 bits per heavy atom. The predicted molar refractivity (Wildman–Crippen MR) is 62.2 cm³/mol. The molecule has 0 spiro atoms. The van der Waals surface area contributed by atoms with Crippen LogP contribution in [-0.2, 0) is 4.74 Å². The molecule has 17 heavy (non-hydrogen) atoms. The van der Waals surface area contributed by atoms with Crippen LogP contribution in [0.4, 0.5) is 4.39 Å². The van der Waals surface area contributed by atoms with Gasteiger partial charge in [-0.2, -0.15) is 0 Å². The van der Waals surface area contributed by atoms with Crippen LogP contribution in [0, 0.1) is 5.82 Å². The molecule has 1 aromatic rings. The van der Waals surface area contributed by atoms with E-state index in [-0.39, 0.29) is 12.2 Å². The van der Waals surface area contributed by atoms with Crippen LogP contribution >= 0.6 is 0 Å². The van der Waals surface area contributed by atoms with Crippen molar-refractivity contribution in [1.82, 2.24) is 0 Å². The predicted octanol–water partition coefficient (Wildman–Crippen LogP) is 2.53. The number of halogens is 1. The number of carbonyl (C=O) groups is 1. The van der Waals surface area contributed by atoms with Crippen LogP contribution in [-0.4, -0.2) is 23.3 Å². The van der Waals surface area contributed by atoms with E-state index in [4.69, 9.17) is 4.74 Å². The molecule has 0 atom stereocenters. The summed E-state index contributed by atoms with van der Waals surface area (Å²) in [7, 11) is 0. The van der Waals surface area contributed by atoms with Gasteiger partial charge < -0.3 is 9.84 Å². The fourth-order valence-electron chi connectivity index (χ4n) is 1.36. The Kier molecular flexibility index (Phi) is 4.63. The number of hydrogen-bond donors (Lipinski definition) is 1. The number of carbonyl (C=O) groups excluding carboxylic acids is 1. The van der Waals surface area contributed by atoms with E-state index in [1.165, 1.54) is 18.2 Å². The molecule has 1 rings (SSSR count). The lowest BCUT2D eigenvalue weighted by molar-refractivity contribution is -0.0367. The molecule has 0 saturated heterocycles. The molecule has 0 aliphatic carbocycles. The summed E-state index contributed by atoms with van der Waals surface area (Å²) in [6.45, 7) is 3.49. The minimum atomic E-state index is -1.03. The number of aliphatic hydroxyl groups is 1. The van der Waals surface area contributed by atoms with Gasteiger partial charge in [0.25, 0.3) is 0 Å². The van der Waals surface area contributed by atoms with Gasteiger partial charge in [-0.3, -0.25) is 0 Å². The lowest BCUT2D eigenvalue weighted by atomic mass is 9.99. The summed E-state index contributed by atoms with van der Waals surface area (Å²) in [6, 6.07) is 5.61. The van der Waals surface area contributed by atoms with Crippen molar-refractivity contribution in [3.8, 4) is 0 Å². The van der Waals surface area contributed by atoms with Gasteiger partial charge in [0.15, 0.2) is 0 Å². The van der Waals surface area contributed by atoms with Crippen molar-refractivity contribution >= 4 is 5.97 Å². The average molecular weight is 240 g/mol. The van der Waals surface area contributed by atoms with Crippen molar-refractivity contribution in [3.05, 3.63) is 35.6 Å². The summed E-state index contributed by atoms with van der Waals surface area (Å²) in [6.07, 6.45) is 0.960. The first-order chi connectivity index (χ1) is 8.02. The molecule has 0 radical (unpaired) electrons. The maximum absolute atomic E-state index is 13.3. The molecule has 0 heterocycles. The zero-order valence-electron chi connectivity index (χ0n) is 10.1. The van der Waals surface area contributed by atoms with E-state index in [1.807, 2.05) is 0 Å². The summed E-state index contributed by atoms with van der Waals surface area (Å²) in [5.74, 6) is -1.36. The van der Waals surface area contributed by atoms with E-state index in [2.05, 4.69) is 0 Å². The lowest BCUT2D eigenvalue weighted by Crippen LogP contribution is -2.34. The first-order valence-electron chi connectivity index (χ1n) is 5.66. The zero-order valence-corrected chi connectivity index (χ0v) is 10.1. The van der Waals surface area contributed by atoms with E-state index in [9.17, 15) is 14.3 Å². The number of esters is 1. The van der Waals surface area contributed by atoms with Crippen molar-refractivity contribution in [2.24, 2.45) is 0 Å². The van der Waals surface area contributed by atoms with Gasteiger partial charge in [-0.05, 0) is 25.0 Å². The molecule has 3 nitrogen and oxygen atoms in total. The smallest absolute Gasteiger partial charge is 0.341 e. The van der Waals surface area contributed by atoms with Gasteiger partial charge in [0.2, 0.25) is 0 Å². The van der Waals surface area contributed by atoms with E-state index in [1.54, 1.807) is 19.9 Å². The minimum Gasteiger partial charge on any atom is -0.459 e. The Labute approximate surface area is 100 Å². The van der Waals surface area contributed by atoms with Crippen molar-refractivity contribution in [2.75, 3.05) is 6.61 Å². The lowest BCUT2D eigenvalue weighted by Gasteiger charge is -2.24. The van der Waals surface area contributed by atoms with Gasteiger partial charge in [-0.25, -0.2) is 9.18 Å². The molecule has 0 aliphatic rings. The highest BCUT2D eigenvalue weighted by molar-refractivity contribution is 5.89. The van der Waals surface area contributed by atoms with Gasteiger partial charge in [0.1, 0.15) is 12.4 Å². The quantitative estimate of drug-likeness (QED) is 0.804. The molecule has 0 amide bonds. The molecular weight excluding hydrogens is 223 g/mol. The molecule has 94 valence electrons. The summed E-state index contributed by atoms with van der Waals surface area (Å²) < 4.78 is 18.2. The van der Waals surface area contributed by atoms with Crippen LogP contribution in [0.5, 0.6) is 0 Å². The van der Waals surface area contributed by atoms with Crippen LogP contribution in [0.1, 0.15) is 37.0 Å². The molecule has 1 aromatic carbocycles. The summed E-state index contributed by atoms with van der Waals surface area (Å²) in [4.78, 5) is 11.6. The third kappa shape index (κ3) is 3.53. The van der Waals surface area contributed by atoms with Gasteiger partial charge in [0.05, 0.1) is 11.2 Å². The van der Waals surface area contributed by atoms with Crippen molar-refractivity contribution < 1.29 is 19.0 Å². The molecule has 1 N–H and O–H groups in total. The number of rotatable bonds is 5. The highest BCUT2D eigenvalue weighted by Gasteiger charge is 2.25. The summed E-state index contributed by atoms with van der Waals surface area (Å²) in [5.41, 5.74) is -1.14. The maximum atomic E-state index is 13.3. The Morgan fingerprint density at radius 3 is 2.47 bits per heavy atom. The molecule has 0 aliphatic heterocycles. The van der Waals surface area contributed by atoms with Gasteiger partial charge in [-0.1, -0.05) is 26.0 Å². The number of benzene rings is 1. The van der Waals surface area contributed by atoms with E-state index < -0.39 is 17.4 Å². The van der Waals surface area contributed by atoms with Gasteiger partial charge in [-0.15, -0.1) is 0 Å². The van der Waals surface area contributed by atoms with Crippen molar-refractivity contribution in [3.63, 3.8) is 0 Å². The Bertz CT molecular complexity index is 386. The molecule has 4 heteroatoms. The van der Waals surface area contributed by atoms with Crippen LogP contribution < -0.4 is 0 Å². The van der Waals surface area contributed by atoms with E-state index >= 15 is 0 Å². The van der Waals surface area contributed by atoms with Crippen LogP contribution in [0.2, 0.25) is 0 Å². The number of hydrogen-bond acceptors (Lipinski definition) is 3. The zero-order chi connectivity index (χ0) is 12.9. The summed E-state index contributed by atoms with van der Waals surface area (Å²) in [5, 5.41) is 9.92. The standard InChI is InChI=1S/C13H17FO3/c1-3-13(16,4-2)9-17-12(15)10-7-5-6-8-11(10)14/h5-8,16H,3-4,9H2,1-2H3. The highest BCUT2D eigenvalue weighted by atomic mass is 19.1. The Balaban J connectivity index is 2.65. The fourth-order valence-corrected chi connectivity index (χ4v) is 1.36. The molecule has 0 fully saturated rings. The highest BCUT2D eigenvalue weighted by Crippen LogP contribution is 2.16. The summed E-state index contributed by atoms with van der Waals surface area (Å²) >= 11 is 0. The molecule has 0 saturated carbocycles. The molecule has 0 unspecified atom stereocenters. The first-order valence-corrected chi connectivity index (χ1v) is 5.66. The molecule has 0 bridgehead atoms. The average Bonchev–Trinajstić information content (AvgIpc) is 2.36. The topological polar surface area (TPSA) is 46.5 Å². The Hall–Kier alpha value is -1.42. The maximum Gasteiger partial charge on any atom is 0.341 e. The number of ether oxygens (including phenoxy) is 1. The second-order valence-corrected chi connectivity index (χ2v) is 3.99. The minimum absolute atomic E-state index is 0.109. The Morgan fingerprint density at radius 2 is 1.94 bits per heavy atom. The van der Waals surface area contributed by atoms with E-state index in [0.29, 0.717) is 12.8 Å². The third-order valence-electron chi connectivity index (χ3n) is 2.88. The van der Waals surface area contributed by atoms with Gasteiger partial charge in [0, 0.05) is 0 Å². The van der Waals surface area contributed by atoms with Crippen LogP contribution in [0.25, 0.3) is 0 Å². The normalized spacial score (nSPS) is 11.3. The van der Waals surface area contributed by atoms with Crippen molar-refractivity contribution in [2.45, 2.75) is 32.3 Å². The second kappa shape index (κ2) is 5.77. The van der Waals surface area contributed by atoms with Gasteiger partial charge >= 0.3 is 5.97 Å². The largest absolute Gasteiger partial charge is 0.459 e.